The van der Waals surface area contributed by atoms with Crippen molar-refractivity contribution in [3.05, 3.63) is 29.3 Å². The average molecular weight is 305 g/mol. The predicted octanol–water partition coefficient (Wildman–Crippen LogP) is 2.90. The maximum absolute atomic E-state index is 12.3. The van der Waals surface area contributed by atoms with E-state index in [0.717, 1.165) is 29.6 Å². The fourth-order valence-electron chi connectivity index (χ4n) is 2.36. The molecule has 1 aromatic rings. The molecule has 0 N–H and O–H groups in total. The Labute approximate surface area is 131 Å². The minimum Gasteiger partial charge on any atom is -0.493 e. The van der Waals surface area contributed by atoms with Crippen LogP contribution < -0.4 is 4.74 Å². The van der Waals surface area contributed by atoms with Crippen molar-refractivity contribution in [2.75, 3.05) is 13.7 Å². The molecule has 0 saturated carbocycles. The van der Waals surface area contributed by atoms with Crippen LogP contribution in [0.2, 0.25) is 0 Å². The van der Waals surface area contributed by atoms with Crippen molar-refractivity contribution < 1.29 is 19.1 Å². The van der Waals surface area contributed by atoms with Crippen LogP contribution >= 0.6 is 0 Å². The minimum atomic E-state index is -1.08. The number of nitrogens with zero attached hydrogens (tertiary/aromatic N) is 1. The van der Waals surface area contributed by atoms with E-state index in [-0.39, 0.29) is 0 Å². The number of aldehydes is 1. The van der Waals surface area contributed by atoms with E-state index in [4.69, 9.17) is 9.47 Å². The molecule has 5 nitrogen and oxygen atoms in total. The number of benzene rings is 1. The van der Waals surface area contributed by atoms with Gasteiger partial charge in [0.25, 0.3) is 0 Å². The molecule has 0 spiro atoms. The van der Waals surface area contributed by atoms with E-state index >= 15 is 0 Å². The lowest BCUT2D eigenvalue weighted by Crippen LogP contribution is -2.48. The zero-order chi connectivity index (χ0) is 16.5. The molecule has 1 amide bonds. The Balaban J connectivity index is 2.31. The molecular formula is C17H23NO4. The Kier molecular flexibility index (Phi) is 4.18. The lowest BCUT2D eigenvalue weighted by molar-refractivity contribution is -0.117. The van der Waals surface area contributed by atoms with Gasteiger partial charge in [0, 0.05) is 13.5 Å². The van der Waals surface area contributed by atoms with Gasteiger partial charge in [-0.05, 0) is 51.0 Å². The van der Waals surface area contributed by atoms with E-state index in [1.54, 1.807) is 34.7 Å². The predicted molar refractivity (Wildman–Crippen MR) is 83.1 cm³/mol. The monoisotopic (exact) mass is 305 g/mol. The summed E-state index contributed by atoms with van der Waals surface area (Å²) in [7, 11) is 1.58. The molecule has 0 saturated heterocycles. The Morgan fingerprint density at radius 3 is 2.59 bits per heavy atom. The van der Waals surface area contributed by atoms with E-state index in [1.165, 1.54) is 4.90 Å². The van der Waals surface area contributed by atoms with Crippen molar-refractivity contribution in [2.24, 2.45) is 0 Å². The number of amides is 1. The molecule has 0 radical (unpaired) electrons. The normalized spacial score (nSPS) is 16.2. The van der Waals surface area contributed by atoms with Crippen LogP contribution in [0.1, 0.15) is 38.8 Å². The molecule has 1 aliphatic rings. The number of carbonyl (C=O) groups excluding carboxylic acids is 2. The zero-order valence-electron chi connectivity index (χ0n) is 13.8. The SMILES string of the molecule is CN(C(=O)OC(C)(C)C)C(C)(C=O)c1ccc2c(c1)CCO2. The van der Waals surface area contributed by atoms with Gasteiger partial charge in [-0.1, -0.05) is 6.07 Å². The molecule has 0 bridgehead atoms. The highest BCUT2D eigenvalue weighted by Gasteiger charge is 2.37. The molecule has 0 aliphatic carbocycles. The van der Waals surface area contributed by atoms with E-state index in [2.05, 4.69) is 0 Å². The van der Waals surface area contributed by atoms with E-state index < -0.39 is 17.2 Å². The van der Waals surface area contributed by atoms with Gasteiger partial charge in [0.15, 0.2) is 0 Å². The Hall–Kier alpha value is -2.04. The van der Waals surface area contributed by atoms with Gasteiger partial charge in [-0.25, -0.2) is 4.79 Å². The van der Waals surface area contributed by atoms with Gasteiger partial charge in [-0.2, -0.15) is 0 Å². The maximum Gasteiger partial charge on any atom is 0.411 e. The summed E-state index contributed by atoms with van der Waals surface area (Å²) < 4.78 is 10.8. The molecule has 120 valence electrons. The summed E-state index contributed by atoms with van der Waals surface area (Å²) in [6, 6.07) is 5.60. The van der Waals surface area contributed by atoms with Crippen LogP contribution in [0.3, 0.4) is 0 Å². The van der Waals surface area contributed by atoms with Crippen LogP contribution in [0, 0.1) is 0 Å². The summed E-state index contributed by atoms with van der Waals surface area (Å²) in [5.74, 6) is 0.844. The van der Waals surface area contributed by atoms with Crippen LogP contribution in [-0.2, 0) is 21.5 Å². The first-order valence-electron chi connectivity index (χ1n) is 7.37. The maximum atomic E-state index is 12.3. The molecule has 0 aromatic heterocycles. The average Bonchev–Trinajstić information content (AvgIpc) is 2.91. The van der Waals surface area contributed by atoms with Crippen molar-refractivity contribution in [3.8, 4) is 5.75 Å². The molecule has 5 heteroatoms. The van der Waals surface area contributed by atoms with Gasteiger partial charge in [0.1, 0.15) is 23.2 Å². The number of hydrogen-bond donors (Lipinski definition) is 0. The molecular weight excluding hydrogens is 282 g/mol. The molecule has 1 atom stereocenters. The summed E-state index contributed by atoms with van der Waals surface area (Å²) in [6.45, 7) is 7.75. The van der Waals surface area contributed by atoms with Gasteiger partial charge in [0.05, 0.1) is 6.61 Å². The number of ether oxygens (including phenoxy) is 2. The van der Waals surface area contributed by atoms with Crippen LogP contribution in [0.25, 0.3) is 0 Å². The van der Waals surface area contributed by atoms with E-state index in [1.807, 2.05) is 18.2 Å². The fraction of sp³-hybridized carbons (Fsp3) is 0.529. The molecule has 22 heavy (non-hydrogen) atoms. The standard InChI is InChI=1S/C17H23NO4/c1-16(2,3)22-15(20)18(5)17(4,11-19)13-6-7-14-12(10-13)8-9-21-14/h6-7,10-11H,8-9H2,1-5H3. The van der Waals surface area contributed by atoms with Crippen molar-refractivity contribution in [3.63, 3.8) is 0 Å². The number of fused-ring (bicyclic) bond motifs is 1. The van der Waals surface area contributed by atoms with Crippen LogP contribution in [0.15, 0.2) is 18.2 Å². The lowest BCUT2D eigenvalue weighted by Gasteiger charge is -2.35. The molecule has 1 aromatic carbocycles. The first-order chi connectivity index (χ1) is 10.2. The number of rotatable bonds is 3. The van der Waals surface area contributed by atoms with E-state index in [0.29, 0.717) is 6.61 Å². The van der Waals surface area contributed by atoms with Crippen LogP contribution in [-0.4, -0.2) is 36.5 Å². The number of carbonyl (C=O) groups is 2. The number of likely N-dealkylation sites (N-methyl/N-ethyl adjacent to an activating group) is 1. The van der Waals surface area contributed by atoms with Crippen molar-refractivity contribution >= 4 is 12.4 Å². The first kappa shape index (κ1) is 16.3. The second-order valence-corrected chi connectivity index (χ2v) is 6.73. The van der Waals surface area contributed by atoms with Crippen LogP contribution in [0.5, 0.6) is 5.75 Å². The summed E-state index contributed by atoms with van der Waals surface area (Å²) in [4.78, 5) is 25.4. The summed E-state index contributed by atoms with van der Waals surface area (Å²) in [5.41, 5.74) is 0.115. The fourth-order valence-corrected chi connectivity index (χ4v) is 2.36. The summed E-state index contributed by atoms with van der Waals surface area (Å²) in [5, 5.41) is 0. The largest absolute Gasteiger partial charge is 0.493 e. The first-order valence-corrected chi connectivity index (χ1v) is 7.37. The van der Waals surface area contributed by atoms with Gasteiger partial charge >= 0.3 is 6.09 Å². The summed E-state index contributed by atoms with van der Waals surface area (Å²) >= 11 is 0. The Morgan fingerprint density at radius 1 is 1.32 bits per heavy atom. The van der Waals surface area contributed by atoms with Gasteiger partial charge < -0.3 is 14.3 Å². The molecule has 0 fully saturated rings. The third-order valence-electron chi connectivity index (χ3n) is 3.87. The topological polar surface area (TPSA) is 55.8 Å². The van der Waals surface area contributed by atoms with Crippen molar-refractivity contribution in [2.45, 2.75) is 45.3 Å². The highest BCUT2D eigenvalue weighted by molar-refractivity contribution is 5.78. The minimum absolute atomic E-state index is 0.529. The lowest BCUT2D eigenvalue weighted by atomic mass is 9.90. The van der Waals surface area contributed by atoms with Crippen molar-refractivity contribution in [1.82, 2.24) is 4.90 Å². The highest BCUT2D eigenvalue weighted by Crippen LogP contribution is 2.33. The van der Waals surface area contributed by atoms with Gasteiger partial charge in [0.2, 0.25) is 0 Å². The smallest absolute Gasteiger partial charge is 0.411 e. The summed E-state index contributed by atoms with van der Waals surface area (Å²) in [6.07, 6.45) is 1.06. The second-order valence-electron chi connectivity index (χ2n) is 6.73. The third kappa shape index (κ3) is 3.08. The molecule has 2 rings (SSSR count). The van der Waals surface area contributed by atoms with Crippen LogP contribution in [0.4, 0.5) is 4.79 Å². The Bertz CT molecular complexity index is 591. The van der Waals surface area contributed by atoms with Gasteiger partial charge in [-0.3, -0.25) is 4.90 Å². The zero-order valence-corrected chi connectivity index (χ0v) is 13.8. The highest BCUT2D eigenvalue weighted by atomic mass is 16.6. The van der Waals surface area contributed by atoms with Crippen molar-refractivity contribution in [1.29, 1.82) is 0 Å². The quantitative estimate of drug-likeness (QED) is 0.806. The molecule has 1 unspecified atom stereocenters. The van der Waals surface area contributed by atoms with E-state index in [9.17, 15) is 9.59 Å². The molecule has 1 heterocycles. The molecule has 1 aliphatic heterocycles. The number of hydrogen-bond acceptors (Lipinski definition) is 4. The Morgan fingerprint density at radius 2 is 2.00 bits per heavy atom. The third-order valence-corrected chi connectivity index (χ3v) is 3.87. The second kappa shape index (κ2) is 5.63. The van der Waals surface area contributed by atoms with Gasteiger partial charge in [-0.15, -0.1) is 0 Å².